The van der Waals surface area contributed by atoms with Crippen LogP contribution >= 0.6 is 0 Å². The quantitative estimate of drug-likeness (QED) is 0.271. The number of nitro benzene ring substituents is 1. The van der Waals surface area contributed by atoms with Crippen LogP contribution in [-0.4, -0.2) is 35.7 Å². The lowest BCUT2D eigenvalue weighted by molar-refractivity contribution is -0.385. The topological polar surface area (TPSA) is 116 Å². The molecule has 0 aromatic heterocycles. The number of ether oxygens (including phenoxy) is 2. The van der Waals surface area contributed by atoms with Crippen LogP contribution in [0.3, 0.4) is 0 Å². The van der Waals surface area contributed by atoms with Crippen LogP contribution in [0.4, 0.5) is 5.69 Å². The summed E-state index contributed by atoms with van der Waals surface area (Å²) in [6.07, 6.45) is 1.38. The SMILES string of the molecule is COC(=O)c1ccc(C=C(COc2c([N+](=O)[O-])ccc3ccccc23)C(=O)O)cc1. The van der Waals surface area contributed by atoms with Gasteiger partial charge in [0.2, 0.25) is 5.75 Å². The predicted octanol–water partition coefficient (Wildman–Crippen LogP) is 4.08. The Kier molecular flexibility index (Phi) is 6.07. The zero-order valence-electron chi connectivity index (χ0n) is 15.9. The number of hydrogen-bond acceptors (Lipinski definition) is 6. The minimum absolute atomic E-state index is 0.00582. The fourth-order valence-electron chi connectivity index (χ4n) is 2.88. The third-order valence-corrected chi connectivity index (χ3v) is 4.37. The van der Waals surface area contributed by atoms with Crippen LogP contribution in [0.5, 0.6) is 5.75 Å². The maximum absolute atomic E-state index is 11.7. The predicted molar refractivity (Wildman–Crippen MR) is 109 cm³/mol. The number of esters is 1. The molecule has 3 aromatic rings. The normalized spacial score (nSPS) is 11.2. The van der Waals surface area contributed by atoms with Gasteiger partial charge in [0, 0.05) is 11.5 Å². The van der Waals surface area contributed by atoms with Crippen molar-refractivity contribution >= 4 is 34.5 Å². The highest BCUT2D eigenvalue weighted by molar-refractivity contribution is 5.94. The van der Waals surface area contributed by atoms with Crippen LogP contribution in [0.1, 0.15) is 15.9 Å². The molecule has 30 heavy (non-hydrogen) atoms. The van der Waals surface area contributed by atoms with Crippen molar-refractivity contribution in [2.75, 3.05) is 13.7 Å². The molecule has 8 heteroatoms. The van der Waals surface area contributed by atoms with Gasteiger partial charge in [-0.15, -0.1) is 0 Å². The smallest absolute Gasteiger partial charge is 0.337 e. The van der Waals surface area contributed by atoms with Crippen molar-refractivity contribution in [1.29, 1.82) is 0 Å². The minimum Gasteiger partial charge on any atom is -0.481 e. The molecule has 0 unspecified atom stereocenters. The molecule has 0 saturated carbocycles. The number of rotatable bonds is 7. The Hall–Kier alpha value is -4.20. The zero-order chi connectivity index (χ0) is 21.7. The molecule has 0 aliphatic rings. The summed E-state index contributed by atoms with van der Waals surface area (Å²) in [5.41, 5.74) is 0.495. The summed E-state index contributed by atoms with van der Waals surface area (Å²) in [4.78, 5) is 34.0. The number of carboxylic acids is 1. The molecule has 0 amide bonds. The summed E-state index contributed by atoms with van der Waals surface area (Å²) in [6, 6.07) is 16.0. The van der Waals surface area contributed by atoms with Crippen LogP contribution < -0.4 is 4.74 Å². The summed E-state index contributed by atoms with van der Waals surface area (Å²) in [6.45, 7) is -0.386. The number of hydrogen-bond donors (Lipinski definition) is 1. The number of fused-ring (bicyclic) bond motifs is 1. The van der Waals surface area contributed by atoms with E-state index in [9.17, 15) is 24.8 Å². The fourth-order valence-corrected chi connectivity index (χ4v) is 2.88. The van der Waals surface area contributed by atoms with Gasteiger partial charge in [0.05, 0.1) is 23.2 Å². The maximum atomic E-state index is 11.7. The number of aliphatic carboxylic acids is 1. The van der Waals surface area contributed by atoms with E-state index in [0.717, 1.165) is 5.39 Å². The van der Waals surface area contributed by atoms with Gasteiger partial charge in [0.15, 0.2) is 0 Å². The summed E-state index contributed by atoms with van der Waals surface area (Å²) >= 11 is 0. The Morgan fingerprint density at radius 2 is 1.77 bits per heavy atom. The Morgan fingerprint density at radius 3 is 2.40 bits per heavy atom. The second kappa shape index (κ2) is 8.87. The first-order chi connectivity index (χ1) is 14.4. The molecular weight excluding hydrogens is 390 g/mol. The van der Waals surface area contributed by atoms with Crippen LogP contribution in [0, 0.1) is 10.1 Å². The van der Waals surface area contributed by atoms with Crippen molar-refractivity contribution in [3.8, 4) is 5.75 Å². The fraction of sp³-hybridized carbons (Fsp3) is 0.0909. The van der Waals surface area contributed by atoms with Gasteiger partial charge < -0.3 is 14.6 Å². The zero-order valence-corrected chi connectivity index (χ0v) is 15.9. The van der Waals surface area contributed by atoms with Crippen molar-refractivity contribution in [1.82, 2.24) is 0 Å². The monoisotopic (exact) mass is 407 g/mol. The minimum atomic E-state index is -1.23. The second-order valence-corrected chi connectivity index (χ2v) is 6.27. The van der Waals surface area contributed by atoms with Gasteiger partial charge in [0.25, 0.3) is 0 Å². The van der Waals surface area contributed by atoms with E-state index in [1.54, 1.807) is 42.5 Å². The molecule has 0 aliphatic heterocycles. The molecule has 0 radical (unpaired) electrons. The molecule has 1 N–H and O–H groups in total. The number of nitrogens with zero attached hydrogens (tertiary/aromatic N) is 1. The van der Waals surface area contributed by atoms with Gasteiger partial charge in [0.1, 0.15) is 6.61 Å². The summed E-state index contributed by atoms with van der Waals surface area (Å²) < 4.78 is 10.2. The Balaban J connectivity index is 1.91. The number of carboxylic acid groups (broad SMARTS) is 1. The van der Waals surface area contributed by atoms with Crippen molar-refractivity contribution < 1.29 is 29.1 Å². The third-order valence-electron chi connectivity index (χ3n) is 4.37. The molecule has 0 aliphatic carbocycles. The molecule has 152 valence electrons. The number of methoxy groups -OCH3 is 1. The lowest BCUT2D eigenvalue weighted by Crippen LogP contribution is -2.11. The molecule has 3 rings (SSSR count). The van der Waals surface area contributed by atoms with E-state index in [0.29, 0.717) is 16.5 Å². The number of nitro groups is 1. The van der Waals surface area contributed by atoms with Crippen molar-refractivity contribution in [2.24, 2.45) is 0 Å². The molecule has 0 bridgehead atoms. The molecule has 0 saturated heterocycles. The highest BCUT2D eigenvalue weighted by Crippen LogP contribution is 2.35. The summed E-state index contributed by atoms with van der Waals surface area (Å²) in [5, 5.41) is 22.2. The van der Waals surface area contributed by atoms with Gasteiger partial charge in [-0.2, -0.15) is 0 Å². The maximum Gasteiger partial charge on any atom is 0.337 e. The van der Waals surface area contributed by atoms with Crippen molar-refractivity contribution in [3.63, 3.8) is 0 Å². The molecule has 0 fully saturated rings. The van der Waals surface area contributed by atoms with Crippen LogP contribution in [0.25, 0.3) is 16.8 Å². The van der Waals surface area contributed by atoms with Crippen molar-refractivity contribution in [3.05, 3.63) is 87.5 Å². The standard InChI is InChI=1S/C22H17NO7/c1-29-22(26)16-8-6-14(7-9-16)12-17(21(24)25)13-30-20-18-5-3-2-4-15(18)10-11-19(20)23(27)28/h2-12H,13H2,1H3,(H,24,25). The average Bonchev–Trinajstić information content (AvgIpc) is 2.75. The van der Waals surface area contributed by atoms with E-state index in [1.165, 1.54) is 31.4 Å². The van der Waals surface area contributed by atoms with Crippen LogP contribution in [0.15, 0.2) is 66.2 Å². The average molecular weight is 407 g/mol. The first-order valence-corrected chi connectivity index (χ1v) is 8.82. The lowest BCUT2D eigenvalue weighted by Gasteiger charge is -2.10. The number of carbonyl (C=O) groups excluding carboxylic acids is 1. The molecule has 0 atom stereocenters. The van der Waals surface area contributed by atoms with Gasteiger partial charge in [-0.1, -0.05) is 36.4 Å². The molecule has 8 nitrogen and oxygen atoms in total. The Morgan fingerprint density at radius 1 is 1.07 bits per heavy atom. The van der Waals surface area contributed by atoms with Gasteiger partial charge in [-0.05, 0) is 35.2 Å². The Bertz CT molecular complexity index is 1150. The number of benzene rings is 3. The van der Waals surface area contributed by atoms with E-state index >= 15 is 0 Å². The Labute approximate surface area is 171 Å². The largest absolute Gasteiger partial charge is 0.481 e. The van der Waals surface area contributed by atoms with Crippen LogP contribution in [-0.2, 0) is 9.53 Å². The van der Waals surface area contributed by atoms with Crippen molar-refractivity contribution in [2.45, 2.75) is 0 Å². The highest BCUT2D eigenvalue weighted by Gasteiger charge is 2.20. The van der Waals surface area contributed by atoms with E-state index in [4.69, 9.17) is 4.74 Å². The second-order valence-electron chi connectivity index (χ2n) is 6.27. The van der Waals surface area contributed by atoms with E-state index in [1.807, 2.05) is 0 Å². The summed E-state index contributed by atoms with van der Waals surface area (Å²) in [5.74, 6) is -1.73. The third kappa shape index (κ3) is 4.44. The van der Waals surface area contributed by atoms with Gasteiger partial charge in [-0.25, -0.2) is 9.59 Å². The van der Waals surface area contributed by atoms with E-state index in [-0.39, 0.29) is 23.6 Å². The van der Waals surface area contributed by atoms with Crippen LogP contribution in [0.2, 0.25) is 0 Å². The first kappa shape index (κ1) is 20.5. The van der Waals surface area contributed by atoms with Gasteiger partial charge >= 0.3 is 17.6 Å². The molecule has 3 aromatic carbocycles. The molecular formula is C22H17NO7. The molecule has 0 heterocycles. The highest BCUT2D eigenvalue weighted by atomic mass is 16.6. The molecule has 0 spiro atoms. The summed E-state index contributed by atoms with van der Waals surface area (Å²) in [7, 11) is 1.27. The van der Waals surface area contributed by atoms with Gasteiger partial charge in [-0.3, -0.25) is 10.1 Å². The van der Waals surface area contributed by atoms with E-state index < -0.39 is 16.9 Å². The number of carbonyl (C=O) groups is 2. The lowest BCUT2D eigenvalue weighted by atomic mass is 10.1. The first-order valence-electron chi connectivity index (χ1n) is 8.82. The van der Waals surface area contributed by atoms with E-state index in [2.05, 4.69) is 4.74 Å².